The average molecular weight is 445 g/mol. The summed E-state index contributed by atoms with van der Waals surface area (Å²) >= 11 is 0. The monoisotopic (exact) mass is 444 g/mol. The number of methoxy groups -OCH3 is 1. The first kappa shape index (κ1) is 23.3. The molecule has 2 aromatic rings. The number of hydrogen-bond donors (Lipinski definition) is 1. The minimum Gasteiger partial charge on any atom is -0.496 e. The Morgan fingerprint density at radius 3 is 2.42 bits per heavy atom. The van der Waals surface area contributed by atoms with Gasteiger partial charge in [0.1, 0.15) is 5.75 Å². The van der Waals surface area contributed by atoms with Gasteiger partial charge in [0.15, 0.2) is 0 Å². The summed E-state index contributed by atoms with van der Waals surface area (Å²) in [4.78, 5) is 12.9. The van der Waals surface area contributed by atoms with E-state index in [-0.39, 0.29) is 23.6 Å². The van der Waals surface area contributed by atoms with Crippen LogP contribution in [-0.2, 0) is 20.6 Å². The number of amides is 1. The Bertz CT molecular complexity index is 984. The van der Waals surface area contributed by atoms with Gasteiger partial charge in [0, 0.05) is 19.0 Å². The fourth-order valence-corrected chi connectivity index (χ4v) is 5.66. The van der Waals surface area contributed by atoms with Crippen LogP contribution in [0.15, 0.2) is 48.5 Å². The largest absolute Gasteiger partial charge is 0.496 e. The van der Waals surface area contributed by atoms with Gasteiger partial charge in [-0.3, -0.25) is 4.79 Å². The van der Waals surface area contributed by atoms with Crippen LogP contribution < -0.4 is 10.1 Å². The van der Waals surface area contributed by atoms with Gasteiger partial charge < -0.3 is 10.1 Å². The molecule has 168 valence electrons. The van der Waals surface area contributed by atoms with Crippen molar-refractivity contribution in [2.75, 3.05) is 20.2 Å². The van der Waals surface area contributed by atoms with Crippen LogP contribution in [-0.4, -0.2) is 38.8 Å². The molecule has 1 heterocycles. The molecule has 0 bridgehead atoms. The van der Waals surface area contributed by atoms with E-state index in [0.29, 0.717) is 25.9 Å². The summed E-state index contributed by atoms with van der Waals surface area (Å²) in [5.41, 5.74) is 2.87. The maximum Gasteiger partial charge on any atom is 0.223 e. The van der Waals surface area contributed by atoms with E-state index >= 15 is 0 Å². The molecule has 1 fully saturated rings. The van der Waals surface area contributed by atoms with E-state index < -0.39 is 10.0 Å². The number of ether oxygens (including phenoxy) is 1. The highest BCUT2D eigenvalue weighted by Gasteiger charge is 2.31. The maximum absolute atomic E-state index is 12.9. The van der Waals surface area contributed by atoms with E-state index in [1.807, 2.05) is 62.4 Å². The Morgan fingerprint density at radius 1 is 1.16 bits per heavy atom. The maximum atomic E-state index is 12.9. The number of rotatable bonds is 8. The standard InChI is InChI=1S/C24H32N2O4S/c1-4-22(21-10-11-23(30-3)18(2)16-21)25-24(27)20-12-14-26(15-13-20)31(28,29)17-19-8-6-5-7-9-19/h5-11,16,20,22H,4,12-15,17H2,1-3H3,(H,25,27)/t22-/m1/s1. The second kappa shape index (κ2) is 10.3. The van der Waals surface area contributed by atoms with Crippen LogP contribution in [0.25, 0.3) is 0 Å². The van der Waals surface area contributed by atoms with Gasteiger partial charge in [-0.1, -0.05) is 49.4 Å². The smallest absolute Gasteiger partial charge is 0.223 e. The number of piperidine rings is 1. The van der Waals surface area contributed by atoms with Gasteiger partial charge >= 0.3 is 0 Å². The summed E-state index contributed by atoms with van der Waals surface area (Å²) in [5.74, 6) is 0.658. The van der Waals surface area contributed by atoms with E-state index in [2.05, 4.69) is 5.32 Å². The predicted molar refractivity (Wildman–Crippen MR) is 122 cm³/mol. The van der Waals surface area contributed by atoms with E-state index in [1.165, 1.54) is 4.31 Å². The molecule has 0 aliphatic carbocycles. The van der Waals surface area contributed by atoms with Gasteiger partial charge in [0.05, 0.1) is 18.9 Å². The van der Waals surface area contributed by atoms with Crippen LogP contribution in [0.1, 0.15) is 48.9 Å². The Morgan fingerprint density at radius 2 is 1.84 bits per heavy atom. The molecule has 6 nitrogen and oxygen atoms in total. The lowest BCUT2D eigenvalue weighted by molar-refractivity contribution is -0.126. The van der Waals surface area contributed by atoms with Gasteiger partial charge in [0.25, 0.3) is 0 Å². The van der Waals surface area contributed by atoms with Crippen molar-refractivity contribution < 1.29 is 17.9 Å². The molecule has 1 N–H and O–H groups in total. The van der Waals surface area contributed by atoms with Gasteiger partial charge in [0.2, 0.25) is 15.9 Å². The molecule has 1 atom stereocenters. The lowest BCUT2D eigenvalue weighted by atomic mass is 9.95. The molecular weight excluding hydrogens is 412 g/mol. The fraction of sp³-hybridized carbons (Fsp3) is 0.458. The van der Waals surface area contributed by atoms with Crippen molar-refractivity contribution in [3.63, 3.8) is 0 Å². The van der Waals surface area contributed by atoms with Crippen LogP contribution in [0.4, 0.5) is 0 Å². The molecule has 7 heteroatoms. The summed E-state index contributed by atoms with van der Waals surface area (Å²) in [6.45, 7) is 4.79. The highest BCUT2D eigenvalue weighted by Crippen LogP contribution is 2.26. The van der Waals surface area contributed by atoms with Crippen molar-refractivity contribution >= 4 is 15.9 Å². The third-order valence-electron chi connectivity index (χ3n) is 5.96. The number of nitrogens with zero attached hydrogens (tertiary/aromatic N) is 1. The molecule has 1 amide bonds. The molecule has 1 aliphatic heterocycles. The van der Waals surface area contributed by atoms with E-state index in [9.17, 15) is 13.2 Å². The van der Waals surface area contributed by atoms with Crippen LogP contribution in [0.5, 0.6) is 5.75 Å². The molecule has 0 unspecified atom stereocenters. The van der Waals surface area contributed by atoms with Crippen molar-refractivity contribution in [2.45, 2.75) is 44.9 Å². The fourth-order valence-electron chi connectivity index (χ4n) is 4.10. The molecule has 0 radical (unpaired) electrons. The minimum absolute atomic E-state index is 0.000397. The summed E-state index contributed by atoms with van der Waals surface area (Å²) in [6.07, 6.45) is 1.86. The van der Waals surface area contributed by atoms with Gasteiger partial charge in [-0.05, 0) is 48.9 Å². The van der Waals surface area contributed by atoms with E-state index in [4.69, 9.17) is 4.74 Å². The Labute approximate surface area is 185 Å². The first-order valence-electron chi connectivity index (χ1n) is 10.8. The van der Waals surface area contributed by atoms with E-state index in [0.717, 1.165) is 28.9 Å². The number of carbonyl (C=O) groups is 1. The zero-order valence-corrected chi connectivity index (χ0v) is 19.3. The predicted octanol–water partition coefficient (Wildman–Crippen LogP) is 3.81. The molecule has 1 saturated heterocycles. The first-order valence-corrected chi connectivity index (χ1v) is 12.4. The second-order valence-corrected chi connectivity index (χ2v) is 10.1. The zero-order valence-electron chi connectivity index (χ0n) is 18.5. The second-order valence-electron chi connectivity index (χ2n) is 8.11. The SMILES string of the molecule is CC[C@@H](NC(=O)C1CCN(S(=O)(=O)Cc2ccccc2)CC1)c1ccc(OC)c(C)c1. The topological polar surface area (TPSA) is 75.7 Å². The quantitative estimate of drug-likeness (QED) is 0.672. The van der Waals surface area contributed by atoms with Crippen molar-refractivity contribution in [3.8, 4) is 5.75 Å². The third-order valence-corrected chi connectivity index (χ3v) is 7.81. The minimum atomic E-state index is -3.38. The number of carbonyl (C=O) groups excluding carboxylic acids is 1. The molecular formula is C24H32N2O4S. The van der Waals surface area contributed by atoms with Crippen molar-refractivity contribution in [1.82, 2.24) is 9.62 Å². The molecule has 31 heavy (non-hydrogen) atoms. The highest BCUT2D eigenvalue weighted by molar-refractivity contribution is 7.88. The highest BCUT2D eigenvalue weighted by atomic mass is 32.2. The number of nitrogens with one attached hydrogen (secondary N) is 1. The Kier molecular flexibility index (Phi) is 7.73. The number of hydrogen-bond acceptors (Lipinski definition) is 4. The van der Waals surface area contributed by atoms with E-state index in [1.54, 1.807) is 7.11 Å². The van der Waals surface area contributed by atoms with Crippen molar-refractivity contribution in [2.24, 2.45) is 5.92 Å². The normalized spacial score (nSPS) is 16.6. The molecule has 3 rings (SSSR count). The molecule has 0 saturated carbocycles. The lowest BCUT2D eigenvalue weighted by Gasteiger charge is -2.31. The van der Waals surface area contributed by atoms with Crippen LogP contribution in [0.2, 0.25) is 0 Å². The third kappa shape index (κ3) is 5.86. The van der Waals surface area contributed by atoms with Gasteiger partial charge in [-0.25, -0.2) is 12.7 Å². The molecule has 0 spiro atoms. The molecule has 0 aromatic heterocycles. The molecule has 1 aliphatic rings. The Hall–Kier alpha value is -2.38. The van der Waals surface area contributed by atoms with Crippen molar-refractivity contribution in [1.29, 1.82) is 0 Å². The average Bonchev–Trinajstić information content (AvgIpc) is 2.77. The van der Waals surface area contributed by atoms with Crippen LogP contribution in [0, 0.1) is 12.8 Å². The Balaban J connectivity index is 1.57. The lowest BCUT2D eigenvalue weighted by Crippen LogP contribution is -2.44. The van der Waals surface area contributed by atoms with Crippen molar-refractivity contribution in [3.05, 3.63) is 65.2 Å². The van der Waals surface area contributed by atoms with Crippen LogP contribution in [0.3, 0.4) is 0 Å². The first-order chi connectivity index (χ1) is 14.8. The zero-order chi connectivity index (χ0) is 22.4. The molecule has 2 aromatic carbocycles. The number of aryl methyl sites for hydroxylation is 1. The summed E-state index contributed by atoms with van der Waals surface area (Å²) in [6, 6.07) is 15.1. The number of benzene rings is 2. The summed E-state index contributed by atoms with van der Waals surface area (Å²) in [5, 5.41) is 3.16. The van der Waals surface area contributed by atoms with Gasteiger partial charge in [-0.2, -0.15) is 0 Å². The summed E-state index contributed by atoms with van der Waals surface area (Å²) in [7, 11) is -1.73. The summed E-state index contributed by atoms with van der Waals surface area (Å²) < 4.78 is 32.3. The van der Waals surface area contributed by atoms with Gasteiger partial charge in [-0.15, -0.1) is 0 Å². The number of sulfonamides is 1. The van der Waals surface area contributed by atoms with Crippen LogP contribution >= 0.6 is 0 Å².